The molecule has 2 aliphatic rings. The molecule has 1 saturated carbocycles. The fraction of sp³-hybridized carbons (Fsp3) is 0.238. The molecule has 0 unspecified atom stereocenters. The lowest BCUT2D eigenvalue weighted by Crippen LogP contribution is -2.07. The first kappa shape index (κ1) is 16.4. The Balaban J connectivity index is 1.73. The quantitative estimate of drug-likeness (QED) is 0.748. The lowest BCUT2D eigenvalue weighted by molar-refractivity contribution is 0.477. The predicted molar refractivity (Wildman–Crippen MR) is 104 cm³/mol. The average molecular weight is 378 g/mol. The Hall–Kier alpha value is -2.73. The van der Waals surface area contributed by atoms with Crippen LogP contribution in [-0.4, -0.2) is 24.2 Å². The molecule has 27 heavy (non-hydrogen) atoms. The molecular formula is C21H18N2O3S. The largest absolute Gasteiger partial charge is 0.505 e. The van der Waals surface area contributed by atoms with Crippen molar-refractivity contribution in [2.24, 2.45) is 10.3 Å². The van der Waals surface area contributed by atoms with Gasteiger partial charge in [0.2, 0.25) is 0 Å². The van der Waals surface area contributed by atoms with E-state index in [1.165, 1.54) is 18.9 Å². The Labute approximate surface area is 157 Å². The summed E-state index contributed by atoms with van der Waals surface area (Å²) in [4.78, 5) is 4.86. The second-order valence-electron chi connectivity index (χ2n) is 7.19. The molecule has 1 aromatic heterocycles. The zero-order valence-corrected chi connectivity index (χ0v) is 15.4. The van der Waals surface area contributed by atoms with Gasteiger partial charge in [-0.1, -0.05) is 55.3 Å². The first-order valence-electron chi connectivity index (χ1n) is 9.10. The normalized spacial score (nSPS) is 17.7. The Morgan fingerprint density at radius 2 is 1.70 bits per heavy atom. The Morgan fingerprint density at radius 3 is 2.48 bits per heavy atom. The van der Waals surface area contributed by atoms with E-state index in [4.69, 9.17) is 4.98 Å². The van der Waals surface area contributed by atoms with Crippen LogP contribution in [0.5, 0.6) is 5.75 Å². The third-order valence-electron chi connectivity index (χ3n) is 5.31. The molecular weight excluding hydrogens is 360 g/mol. The molecule has 3 aromatic rings. The van der Waals surface area contributed by atoms with Crippen LogP contribution in [0.25, 0.3) is 10.8 Å². The van der Waals surface area contributed by atoms with Gasteiger partial charge in [-0.05, 0) is 24.8 Å². The zero-order chi connectivity index (χ0) is 18.6. The molecule has 0 atom stereocenters. The number of hydrogen-bond acceptors (Lipinski definition) is 4. The predicted octanol–water partition coefficient (Wildman–Crippen LogP) is 3.82. The van der Waals surface area contributed by atoms with E-state index in [9.17, 15) is 13.5 Å². The van der Waals surface area contributed by atoms with Gasteiger partial charge in [-0.25, -0.2) is 4.98 Å². The maximum atomic E-state index is 12.4. The van der Waals surface area contributed by atoms with Crippen molar-refractivity contribution in [3.8, 4) is 5.75 Å². The molecule has 0 bridgehead atoms. The Morgan fingerprint density at radius 1 is 1.00 bits per heavy atom. The standard InChI is InChI=1S/C21H18N2O3S/c24-21-15-6-2-1-5-14(15)17(12-11-13-9-10-13)22-20(21)19-16-7-3-4-8-18(16)27(25,26)23-19/h1-8,13,24H,9-12H2. The van der Waals surface area contributed by atoms with Crippen LogP contribution in [0.3, 0.4) is 0 Å². The van der Waals surface area contributed by atoms with Crippen molar-refractivity contribution >= 4 is 26.5 Å². The average Bonchev–Trinajstić information content (AvgIpc) is 3.46. The third-order valence-corrected chi connectivity index (χ3v) is 6.64. The molecule has 1 aliphatic heterocycles. The maximum absolute atomic E-state index is 12.4. The van der Waals surface area contributed by atoms with Crippen molar-refractivity contribution < 1.29 is 13.5 Å². The summed E-state index contributed by atoms with van der Waals surface area (Å²) in [7, 11) is -3.76. The summed E-state index contributed by atoms with van der Waals surface area (Å²) < 4.78 is 28.8. The number of sulfonamides is 1. The van der Waals surface area contributed by atoms with E-state index in [1.807, 2.05) is 24.3 Å². The molecule has 2 aromatic carbocycles. The van der Waals surface area contributed by atoms with Crippen LogP contribution < -0.4 is 0 Å². The number of hydrogen-bond donors (Lipinski definition) is 1. The topological polar surface area (TPSA) is 79.6 Å². The van der Waals surface area contributed by atoms with Crippen molar-refractivity contribution in [2.75, 3.05) is 0 Å². The first-order chi connectivity index (χ1) is 13.0. The molecule has 6 heteroatoms. The van der Waals surface area contributed by atoms with Crippen LogP contribution in [0, 0.1) is 5.92 Å². The van der Waals surface area contributed by atoms with Crippen LogP contribution in [0.15, 0.2) is 57.8 Å². The Bertz CT molecular complexity index is 1210. The maximum Gasteiger partial charge on any atom is 0.283 e. The highest BCUT2D eigenvalue weighted by molar-refractivity contribution is 7.90. The molecule has 1 aliphatic carbocycles. The summed E-state index contributed by atoms with van der Waals surface area (Å²) in [5.41, 5.74) is 1.84. The van der Waals surface area contributed by atoms with Crippen molar-refractivity contribution in [1.82, 2.24) is 4.98 Å². The van der Waals surface area contributed by atoms with Gasteiger partial charge in [-0.15, -0.1) is 0 Å². The van der Waals surface area contributed by atoms with Crippen molar-refractivity contribution in [3.05, 3.63) is 65.5 Å². The molecule has 0 radical (unpaired) electrons. The van der Waals surface area contributed by atoms with Gasteiger partial charge in [-0.2, -0.15) is 12.8 Å². The van der Waals surface area contributed by atoms with Gasteiger partial charge in [0.25, 0.3) is 10.0 Å². The minimum Gasteiger partial charge on any atom is -0.505 e. The number of aryl methyl sites for hydroxylation is 1. The summed E-state index contributed by atoms with van der Waals surface area (Å²) in [6.07, 6.45) is 4.39. The smallest absolute Gasteiger partial charge is 0.283 e. The van der Waals surface area contributed by atoms with Gasteiger partial charge < -0.3 is 5.11 Å². The third kappa shape index (κ3) is 2.72. The fourth-order valence-corrected chi connectivity index (χ4v) is 4.91. The lowest BCUT2D eigenvalue weighted by atomic mass is 9.99. The van der Waals surface area contributed by atoms with Crippen LogP contribution >= 0.6 is 0 Å². The van der Waals surface area contributed by atoms with Gasteiger partial charge in [0.15, 0.2) is 5.75 Å². The number of aromatic hydroxyl groups is 1. The van der Waals surface area contributed by atoms with Crippen LogP contribution in [0.1, 0.15) is 36.2 Å². The number of rotatable bonds is 4. The molecule has 1 fully saturated rings. The van der Waals surface area contributed by atoms with Gasteiger partial charge in [-0.3, -0.25) is 0 Å². The van der Waals surface area contributed by atoms with E-state index < -0.39 is 10.0 Å². The fourth-order valence-electron chi connectivity index (χ4n) is 3.70. The van der Waals surface area contributed by atoms with Crippen LogP contribution in [-0.2, 0) is 16.4 Å². The Kier molecular flexibility index (Phi) is 3.59. The zero-order valence-electron chi connectivity index (χ0n) is 14.6. The highest BCUT2D eigenvalue weighted by atomic mass is 32.2. The van der Waals surface area contributed by atoms with E-state index >= 15 is 0 Å². The van der Waals surface area contributed by atoms with Crippen molar-refractivity contribution in [2.45, 2.75) is 30.6 Å². The summed E-state index contributed by atoms with van der Waals surface area (Å²) in [6, 6.07) is 14.3. The van der Waals surface area contributed by atoms with Gasteiger partial charge in [0.05, 0.1) is 4.90 Å². The summed E-state index contributed by atoms with van der Waals surface area (Å²) in [6.45, 7) is 0. The van der Waals surface area contributed by atoms with E-state index in [0.717, 1.165) is 29.8 Å². The monoisotopic (exact) mass is 378 g/mol. The molecule has 5 nitrogen and oxygen atoms in total. The highest BCUT2D eigenvalue weighted by Crippen LogP contribution is 2.38. The second kappa shape index (κ2) is 5.89. The molecule has 2 heterocycles. The molecule has 0 saturated heterocycles. The van der Waals surface area contributed by atoms with Gasteiger partial charge >= 0.3 is 0 Å². The summed E-state index contributed by atoms with van der Waals surface area (Å²) in [5.74, 6) is 0.735. The van der Waals surface area contributed by atoms with Gasteiger partial charge in [0, 0.05) is 22.0 Å². The minimum absolute atomic E-state index is 0.0218. The second-order valence-corrected chi connectivity index (χ2v) is 8.77. The number of benzene rings is 2. The molecule has 0 amide bonds. The lowest BCUT2D eigenvalue weighted by Gasteiger charge is -2.12. The molecule has 1 N–H and O–H groups in total. The number of fused-ring (bicyclic) bond motifs is 2. The SMILES string of the molecule is O=S1(=O)N=C(c2nc(CCC3CC3)c3ccccc3c2O)c2ccccc21. The van der Waals surface area contributed by atoms with Crippen LogP contribution in [0.2, 0.25) is 0 Å². The first-order valence-corrected chi connectivity index (χ1v) is 10.5. The van der Waals surface area contributed by atoms with E-state index in [2.05, 4.69) is 4.40 Å². The van der Waals surface area contributed by atoms with Gasteiger partial charge in [0.1, 0.15) is 11.4 Å². The minimum atomic E-state index is -3.76. The van der Waals surface area contributed by atoms with E-state index in [1.54, 1.807) is 18.2 Å². The van der Waals surface area contributed by atoms with E-state index in [0.29, 0.717) is 10.9 Å². The number of aromatic nitrogens is 1. The van der Waals surface area contributed by atoms with Crippen LogP contribution in [0.4, 0.5) is 0 Å². The number of pyridine rings is 1. The molecule has 136 valence electrons. The van der Waals surface area contributed by atoms with Crippen molar-refractivity contribution in [1.29, 1.82) is 0 Å². The summed E-state index contributed by atoms with van der Waals surface area (Å²) in [5, 5.41) is 12.5. The summed E-state index contributed by atoms with van der Waals surface area (Å²) >= 11 is 0. The molecule has 5 rings (SSSR count). The van der Waals surface area contributed by atoms with Crippen molar-refractivity contribution in [3.63, 3.8) is 0 Å². The number of nitrogens with zero attached hydrogens (tertiary/aromatic N) is 2. The molecule has 0 spiro atoms. The highest BCUT2D eigenvalue weighted by Gasteiger charge is 2.32. The van der Waals surface area contributed by atoms with E-state index in [-0.39, 0.29) is 22.1 Å².